The minimum atomic E-state index is -0.822. The number of hydrogen-bond donors (Lipinski definition) is 2. The van der Waals surface area contributed by atoms with Gasteiger partial charge >= 0.3 is 12.1 Å². The van der Waals surface area contributed by atoms with Gasteiger partial charge in [-0.15, -0.1) is 0 Å². The molecule has 152 valence electrons. The summed E-state index contributed by atoms with van der Waals surface area (Å²) in [6.07, 6.45) is 0.0880. The van der Waals surface area contributed by atoms with Crippen LogP contribution >= 0.6 is 0 Å². The van der Waals surface area contributed by atoms with Gasteiger partial charge < -0.3 is 15.2 Å². The first-order valence-corrected chi connectivity index (χ1v) is 10.0. The van der Waals surface area contributed by atoms with E-state index in [0.29, 0.717) is 13.0 Å². The number of aryl methyl sites for hydroxylation is 1. The van der Waals surface area contributed by atoms with Gasteiger partial charge in [0.25, 0.3) is 0 Å². The highest BCUT2D eigenvalue weighted by Crippen LogP contribution is 2.44. The molecular weight excluding hydrogens is 378 g/mol. The van der Waals surface area contributed by atoms with Crippen LogP contribution < -0.4 is 5.32 Å². The monoisotopic (exact) mass is 401 g/mol. The lowest BCUT2D eigenvalue weighted by Gasteiger charge is -2.14. The maximum atomic E-state index is 12.3. The van der Waals surface area contributed by atoms with E-state index in [2.05, 4.69) is 29.6 Å². The molecule has 2 N–H and O–H groups in total. The Labute approximate surface area is 175 Å². The number of fused-ring (bicyclic) bond motifs is 3. The molecule has 0 aliphatic heterocycles. The zero-order chi connectivity index (χ0) is 20.9. The fraction of sp³-hybridized carbons (Fsp3) is 0.200. The summed E-state index contributed by atoms with van der Waals surface area (Å²) in [7, 11) is 0. The van der Waals surface area contributed by atoms with Crippen molar-refractivity contribution in [3.05, 3.63) is 95.1 Å². The number of carbonyl (C=O) groups is 2. The number of aliphatic carboxylic acids is 1. The number of rotatable bonds is 7. The van der Waals surface area contributed by atoms with Crippen LogP contribution in [0, 0.1) is 0 Å². The summed E-state index contributed by atoms with van der Waals surface area (Å²) in [4.78, 5) is 23.0. The Hall–Kier alpha value is -3.60. The Morgan fingerprint density at radius 1 is 0.867 bits per heavy atom. The van der Waals surface area contributed by atoms with Gasteiger partial charge in [0.05, 0.1) is 0 Å². The number of alkyl carbamates (subject to hydrolysis) is 1. The van der Waals surface area contributed by atoms with Gasteiger partial charge in [-0.3, -0.25) is 4.79 Å². The van der Waals surface area contributed by atoms with Gasteiger partial charge in [-0.05, 0) is 39.8 Å². The average Bonchev–Trinajstić information content (AvgIpc) is 3.09. The second-order valence-corrected chi connectivity index (χ2v) is 7.39. The lowest BCUT2D eigenvalue weighted by molar-refractivity contribution is -0.136. The first-order chi connectivity index (χ1) is 14.6. The summed E-state index contributed by atoms with van der Waals surface area (Å²) in [5, 5.41) is 11.6. The zero-order valence-electron chi connectivity index (χ0n) is 16.5. The number of ether oxygens (including phenoxy) is 1. The third-order valence-corrected chi connectivity index (χ3v) is 5.40. The van der Waals surface area contributed by atoms with Gasteiger partial charge in [0, 0.05) is 18.9 Å². The highest BCUT2D eigenvalue weighted by atomic mass is 16.5. The number of carboxylic acid groups (broad SMARTS) is 1. The Morgan fingerprint density at radius 3 is 2.17 bits per heavy atom. The van der Waals surface area contributed by atoms with Crippen LogP contribution in [-0.2, 0) is 22.5 Å². The number of carboxylic acids is 1. The Kier molecular flexibility index (Phi) is 5.80. The molecule has 0 spiro atoms. The lowest BCUT2D eigenvalue weighted by atomic mass is 9.98. The second kappa shape index (κ2) is 8.82. The van der Waals surface area contributed by atoms with Gasteiger partial charge in [-0.1, -0.05) is 72.8 Å². The van der Waals surface area contributed by atoms with Crippen molar-refractivity contribution >= 4 is 12.1 Å². The molecule has 0 heterocycles. The molecule has 0 aromatic heterocycles. The van der Waals surface area contributed by atoms with Crippen molar-refractivity contribution in [3.8, 4) is 11.1 Å². The lowest BCUT2D eigenvalue weighted by Crippen LogP contribution is -2.25. The number of carbonyl (C=O) groups excluding carboxylic acids is 1. The molecule has 0 saturated carbocycles. The molecule has 1 aliphatic rings. The smallest absolute Gasteiger partial charge is 0.407 e. The predicted octanol–water partition coefficient (Wildman–Crippen LogP) is 4.74. The van der Waals surface area contributed by atoms with Gasteiger partial charge in [0.1, 0.15) is 6.61 Å². The van der Waals surface area contributed by atoms with Crippen LogP contribution in [0.2, 0.25) is 0 Å². The molecule has 1 aliphatic carbocycles. The highest BCUT2D eigenvalue weighted by Gasteiger charge is 2.28. The summed E-state index contributed by atoms with van der Waals surface area (Å²) < 4.78 is 5.54. The number of hydrogen-bond acceptors (Lipinski definition) is 3. The minimum absolute atomic E-state index is 0.0301. The van der Waals surface area contributed by atoms with Gasteiger partial charge in [0.2, 0.25) is 0 Å². The van der Waals surface area contributed by atoms with E-state index in [4.69, 9.17) is 9.84 Å². The van der Waals surface area contributed by atoms with Crippen molar-refractivity contribution in [2.75, 3.05) is 6.61 Å². The van der Waals surface area contributed by atoms with E-state index in [1.165, 1.54) is 22.3 Å². The summed E-state index contributed by atoms with van der Waals surface area (Å²) in [6, 6.07) is 24.0. The summed E-state index contributed by atoms with van der Waals surface area (Å²) >= 11 is 0. The first kappa shape index (κ1) is 19.7. The normalized spacial score (nSPS) is 12.1. The topological polar surface area (TPSA) is 75.6 Å². The number of benzene rings is 3. The summed E-state index contributed by atoms with van der Waals surface area (Å²) in [5.74, 6) is -0.792. The van der Waals surface area contributed by atoms with E-state index in [-0.39, 0.29) is 18.9 Å². The first-order valence-electron chi connectivity index (χ1n) is 10.0. The van der Waals surface area contributed by atoms with Gasteiger partial charge in [0.15, 0.2) is 0 Å². The standard InChI is InChI=1S/C25H23NO4/c27-24(28)13-12-17-6-5-7-18(14-17)15-26-25(29)30-16-23-21-10-3-1-8-19(21)20-9-2-4-11-22(20)23/h1-11,14,23H,12-13,15-16H2,(H,26,29)(H,27,28). The van der Waals surface area contributed by atoms with E-state index in [0.717, 1.165) is 11.1 Å². The molecule has 0 bridgehead atoms. The molecule has 5 heteroatoms. The Bertz CT molecular complexity index is 1030. The summed E-state index contributed by atoms with van der Waals surface area (Å²) in [5.41, 5.74) is 6.59. The fourth-order valence-corrected chi connectivity index (χ4v) is 3.97. The Balaban J connectivity index is 1.35. The molecule has 0 radical (unpaired) electrons. The molecule has 3 aromatic carbocycles. The van der Waals surface area contributed by atoms with Gasteiger partial charge in [-0.2, -0.15) is 0 Å². The van der Waals surface area contributed by atoms with E-state index < -0.39 is 12.1 Å². The van der Waals surface area contributed by atoms with Crippen molar-refractivity contribution < 1.29 is 19.4 Å². The van der Waals surface area contributed by atoms with E-state index >= 15 is 0 Å². The van der Waals surface area contributed by atoms with Gasteiger partial charge in [-0.25, -0.2) is 4.79 Å². The van der Waals surface area contributed by atoms with Crippen molar-refractivity contribution in [2.45, 2.75) is 25.3 Å². The molecule has 0 saturated heterocycles. The third-order valence-electron chi connectivity index (χ3n) is 5.40. The third kappa shape index (κ3) is 4.35. The molecule has 1 amide bonds. The van der Waals surface area contributed by atoms with E-state index in [1.807, 2.05) is 48.5 Å². The average molecular weight is 401 g/mol. The SMILES string of the molecule is O=C(O)CCc1cccc(CNC(=O)OCC2c3ccccc3-c3ccccc32)c1. The molecule has 3 aromatic rings. The highest BCUT2D eigenvalue weighted by molar-refractivity contribution is 5.79. The molecular formula is C25H23NO4. The number of nitrogens with one attached hydrogen (secondary N) is 1. The van der Waals surface area contributed by atoms with Crippen molar-refractivity contribution in [3.63, 3.8) is 0 Å². The molecule has 0 unspecified atom stereocenters. The molecule has 0 atom stereocenters. The van der Waals surface area contributed by atoms with E-state index in [1.54, 1.807) is 0 Å². The van der Waals surface area contributed by atoms with Crippen LogP contribution in [0.5, 0.6) is 0 Å². The molecule has 4 rings (SSSR count). The molecule has 5 nitrogen and oxygen atoms in total. The van der Waals surface area contributed by atoms with Crippen molar-refractivity contribution in [2.24, 2.45) is 0 Å². The minimum Gasteiger partial charge on any atom is -0.481 e. The van der Waals surface area contributed by atoms with Crippen LogP contribution in [0.1, 0.15) is 34.6 Å². The van der Waals surface area contributed by atoms with Crippen LogP contribution in [-0.4, -0.2) is 23.8 Å². The zero-order valence-corrected chi connectivity index (χ0v) is 16.5. The summed E-state index contributed by atoms with van der Waals surface area (Å²) in [6.45, 7) is 0.607. The van der Waals surface area contributed by atoms with E-state index in [9.17, 15) is 9.59 Å². The van der Waals surface area contributed by atoms with Crippen LogP contribution in [0.3, 0.4) is 0 Å². The maximum Gasteiger partial charge on any atom is 0.407 e. The number of amides is 1. The Morgan fingerprint density at radius 2 is 1.50 bits per heavy atom. The predicted molar refractivity (Wildman–Crippen MR) is 114 cm³/mol. The fourth-order valence-electron chi connectivity index (χ4n) is 3.97. The van der Waals surface area contributed by atoms with Crippen LogP contribution in [0.4, 0.5) is 4.79 Å². The van der Waals surface area contributed by atoms with Crippen LogP contribution in [0.15, 0.2) is 72.8 Å². The molecule has 30 heavy (non-hydrogen) atoms. The molecule has 0 fully saturated rings. The van der Waals surface area contributed by atoms with Crippen molar-refractivity contribution in [1.82, 2.24) is 5.32 Å². The largest absolute Gasteiger partial charge is 0.481 e. The van der Waals surface area contributed by atoms with Crippen molar-refractivity contribution in [1.29, 1.82) is 0 Å². The quantitative estimate of drug-likeness (QED) is 0.599. The van der Waals surface area contributed by atoms with Crippen LogP contribution in [0.25, 0.3) is 11.1 Å². The second-order valence-electron chi connectivity index (χ2n) is 7.39. The maximum absolute atomic E-state index is 12.3.